The van der Waals surface area contributed by atoms with Crippen molar-refractivity contribution in [3.8, 4) is 0 Å². The van der Waals surface area contributed by atoms with Crippen LogP contribution in [0.25, 0.3) is 0 Å². The van der Waals surface area contributed by atoms with Crippen LogP contribution in [0.3, 0.4) is 0 Å². The van der Waals surface area contributed by atoms with Crippen LogP contribution in [0.1, 0.15) is 19.8 Å². The summed E-state index contributed by atoms with van der Waals surface area (Å²) in [6, 6.07) is 0. The van der Waals surface area contributed by atoms with Gasteiger partial charge in [-0.3, -0.25) is 14.9 Å². The Labute approximate surface area is 86.2 Å². The lowest BCUT2D eigenvalue weighted by Gasteiger charge is -2.28. The summed E-state index contributed by atoms with van der Waals surface area (Å²) in [4.78, 5) is 10.3. The van der Waals surface area contributed by atoms with Gasteiger partial charge in [-0.05, 0) is 31.6 Å². The smallest absolute Gasteiger partial charge is 0.0909 e. The molecule has 0 aromatic heterocycles. The summed E-state index contributed by atoms with van der Waals surface area (Å²) in [7, 11) is 0. The Hall–Kier alpha value is -0.960. The maximum atomic E-state index is 4.28. The molecule has 0 spiro atoms. The highest BCUT2D eigenvalue weighted by molar-refractivity contribution is 5.70. The third-order valence-electron chi connectivity index (χ3n) is 2.54. The van der Waals surface area contributed by atoms with E-state index in [1.54, 1.807) is 18.5 Å². The molecule has 0 unspecified atom stereocenters. The van der Waals surface area contributed by atoms with Gasteiger partial charge in [-0.25, -0.2) is 0 Å². The normalized spacial score (nSPS) is 20.9. The molecule has 1 aliphatic heterocycles. The monoisotopic (exact) mass is 193 g/mol. The molecular weight excluding hydrogens is 174 g/mol. The van der Waals surface area contributed by atoms with Crippen LogP contribution in [-0.2, 0) is 0 Å². The van der Waals surface area contributed by atoms with Crippen molar-refractivity contribution < 1.29 is 0 Å². The summed E-state index contributed by atoms with van der Waals surface area (Å²) < 4.78 is 0. The first kappa shape index (κ1) is 11.1. The van der Waals surface area contributed by atoms with Crippen molar-refractivity contribution in [1.82, 2.24) is 4.90 Å². The van der Waals surface area contributed by atoms with Gasteiger partial charge < -0.3 is 0 Å². The molecule has 14 heavy (non-hydrogen) atoms. The second kappa shape index (κ2) is 6.49. The molecular formula is C11H19N3. The van der Waals surface area contributed by atoms with E-state index in [1.165, 1.54) is 25.9 Å². The van der Waals surface area contributed by atoms with E-state index in [-0.39, 0.29) is 0 Å². The largest absolute Gasteiger partial charge is 0.284 e. The van der Waals surface area contributed by atoms with Crippen LogP contribution >= 0.6 is 0 Å². The van der Waals surface area contributed by atoms with E-state index in [9.17, 15) is 0 Å². The molecule has 0 atom stereocenters. The van der Waals surface area contributed by atoms with Gasteiger partial charge in [0.1, 0.15) is 0 Å². The predicted octanol–water partition coefficient (Wildman–Crippen LogP) is 1.96. The van der Waals surface area contributed by atoms with E-state index in [4.69, 9.17) is 0 Å². The Morgan fingerprint density at radius 3 is 2.79 bits per heavy atom. The van der Waals surface area contributed by atoms with Gasteiger partial charge in [-0.1, -0.05) is 6.92 Å². The van der Waals surface area contributed by atoms with Gasteiger partial charge >= 0.3 is 0 Å². The van der Waals surface area contributed by atoms with Gasteiger partial charge in [0.2, 0.25) is 0 Å². The minimum atomic E-state index is 0.814. The maximum absolute atomic E-state index is 4.28. The Kier molecular flexibility index (Phi) is 5.15. The lowest BCUT2D eigenvalue weighted by molar-refractivity contribution is 0.198. The number of allylic oxidation sites excluding steroid dienone is 1. The highest BCUT2D eigenvalue weighted by Crippen LogP contribution is 2.15. The van der Waals surface area contributed by atoms with Crippen molar-refractivity contribution in [3.05, 3.63) is 12.3 Å². The lowest BCUT2D eigenvalue weighted by Crippen LogP contribution is -2.32. The zero-order chi connectivity index (χ0) is 10.2. The fourth-order valence-corrected chi connectivity index (χ4v) is 1.53. The molecule has 1 saturated heterocycles. The predicted molar refractivity (Wildman–Crippen MR) is 62.0 cm³/mol. The molecule has 0 saturated carbocycles. The van der Waals surface area contributed by atoms with Crippen molar-refractivity contribution in [2.24, 2.45) is 15.9 Å². The quantitative estimate of drug-likeness (QED) is 0.627. The summed E-state index contributed by atoms with van der Waals surface area (Å²) >= 11 is 0. The van der Waals surface area contributed by atoms with Crippen molar-refractivity contribution in [2.45, 2.75) is 19.8 Å². The second-order valence-electron chi connectivity index (χ2n) is 3.80. The fraction of sp³-hybridized carbons (Fsp3) is 0.636. The van der Waals surface area contributed by atoms with Gasteiger partial charge in [0.05, 0.1) is 6.67 Å². The topological polar surface area (TPSA) is 28.0 Å². The number of piperidine rings is 1. The van der Waals surface area contributed by atoms with Gasteiger partial charge in [0.15, 0.2) is 0 Å². The Morgan fingerprint density at radius 1 is 1.43 bits per heavy atom. The average Bonchev–Trinajstić information content (AvgIpc) is 2.21. The summed E-state index contributed by atoms with van der Waals surface area (Å²) in [5.74, 6) is 0.889. The zero-order valence-corrected chi connectivity index (χ0v) is 8.89. The maximum Gasteiger partial charge on any atom is 0.0909 e. The molecule has 3 heteroatoms. The van der Waals surface area contributed by atoms with E-state index in [0.717, 1.165) is 12.6 Å². The molecule has 0 aliphatic carbocycles. The van der Waals surface area contributed by atoms with E-state index < -0.39 is 0 Å². The van der Waals surface area contributed by atoms with E-state index in [2.05, 4.69) is 28.5 Å². The van der Waals surface area contributed by atoms with E-state index in [0.29, 0.717) is 0 Å². The van der Waals surface area contributed by atoms with Crippen LogP contribution in [-0.4, -0.2) is 37.6 Å². The van der Waals surface area contributed by atoms with Crippen molar-refractivity contribution in [3.63, 3.8) is 0 Å². The second-order valence-corrected chi connectivity index (χ2v) is 3.80. The van der Waals surface area contributed by atoms with E-state index in [1.807, 2.05) is 0 Å². The van der Waals surface area contributed by atoms with Crippen LogP contribution in [0.4, 0.5) is 0 Å². The van der Waals surface area contributed by atoms with Gasteiger partial charge in [-0.2, -0.15) is 0 Å². The first-order valence-electron chi connectivity index (χ1n) is 5.16. The molecule has 1 aliphatic rings. The molecule has 0 aromatic rings. The summed E-state index contributed by atoms with van der Waals surface area (Å²) in [6.45, 7) is 8.84. The number of hydrogen-bond donors (Lipinski definition) is 0. The standard InChI is InChI=1S/C11H19N3/c1-11-4-8-14(9-5-11)10-13-7-3-6-12-2/h3,6-7,11H,2,4-5,8-10H2,1H3/b6-3-,13-7?. The molecule has 0 aromatic carbocycles. The molecule has 0 radical (unpaired) electrons. The van der Waals surface area contributed by atoms with Gasteiger partial charge in [0.25, 0.3) is 0 Å². The first-order chi connectivity index (χ1) is 6.83. The fourth-order valence-electron chi connectivity index (χ4n) is 1.53. The van der Waals surface area contributed by atoms with Crippen LogP contribution < -0.4 is 0 Å². The highest BCUT2D eigenvalue weighted by atomic mass is 15.2. The van der Waals surface area contributed by atoms with Crippen LogP contribution in [0.15, 0.2) is 22.3 Å². The summed E-state index contributed by atoms with van der Waals surface area (Å²) in [5.41, 5.74) is 0. The molecule has 1 heterocycles. The van der Waals surface area contributed by atoms with Crippen molar-refractivity contribution >= 4 is 12.9 Å². The van der Waals surface area contributed by atoms with Gasteiger partial charge in [0, 0.05) is 25.5 Å². The molecule has 0 bridgehead atoms. The number of aliphatic imine (C=N–C) groups is 2. The van der Waals surface area contributed by atoms with Crippen LogP contribution in [0.5, 0.6) is 0 Å². The SMILES string of the molecule is C=N/C=C\C=NCN1CCC(C)CC1. The van der Waals surface area contributed by atoms with Gasteiger partial charge in [-0.15, -0.1) is 0 Å². The summed E-state index contributed by atoms with van der Waals surface area (Å²) in [5, 5.41) is 0. The molecule has 1 rings (SSSR count). The highest BCUT2D eigenvalue weighted by Gasteiger charge is 2.13. The Morgan fingerprint density at radius 2 is 2.14 bits per heavy atom. The van der Waals surface area contributed by atoms with Crippen LogP contribution in [0, 0.1) is 5.92 Å². The minimum absolute atomic E-state index is 0.814. The molecule has 0 amide bonds. The molecule has 3 nitrogen and oxygen atoms in total. The average molecular weight is 193 g/mol. The first-order valence-corrected chi connectivity index (χ1v) is 5.16. The third-order valence-corrected chi connectivity index (χ3v) is 2.54. The Balaban J connectivity index is 2.15. The number of rotatable bonds is 4. The molecule has 78 valence electrons. The zero-order valence-electron chi connectivity index (χ0n) is 8.89. The molecule has 1 fully saturated rings. The van der Waals surface area contributed by atoms with Crippen molar-refractivity contribution in [2.75, 3.05) is 19.8 Å². The summed E-state index contributed by atoms with van der Waals surface area (Å²) in [6.07, 6.45) is 7.84. The minimum Gasteiger partial charge on any atom is -0.284 e. The number of nitrogens with zero attached hydrogens (tertiary/aromatic N) is 3. The molecule has 0 N–H and O–H groups in total. The lowest BCUT2D eigenvalue weighted by atomic mass is 10.00. The third kappa shape index (κ3) is 4.33. The number of hydrogen-bond acceptors (Lipinski definition) is 3. The van der Waals surface area contributed by atoms with E-state index >= 15 is 0 Å². The Bertz CT molecular complexity index is 213. The van der Waals surface area contributed by atoms with Crippen molar-refractivity contribution in [1.29, 1.82) is 0 Å². The van der Waals surface area contributed by atoms with Crippen LogP contribution in [0.2, 0.25) is 0 Å². The number of likely N-dealkylation sites (tertiary alicyclic amines) is 1.